The molecule has 0 aromatic heterocycles. The van der Waals surface area contributed by atoms with Gasteiger partial charge in [-0.15, -0.1) is 0 Å². The Balaban J connectivity index is 1.51. The van der Waals surface area contributed by atoms with Gasteiger partial charge in [-0.2, -0.15) is 10.2 Å². The van der Waals surface area contributed by atoms with E-state index in [1.165, 1.54) is 0 Å². The third kappa shape index (κ3) is 3.69. The SMILES string of the molecule is COc1cccc(/C=N/N=C(/c2ccc(Cl)cc2)C23CN4CN(CN(C4)C2)C3)c1. The van der Waals surface area contributed by atoms with E-state index in [1.807, 2.05) is 36.4 Å². The first-order chi connectivity index (χ1) is 14.1. The minimum atomic E-state index is -0.0473. The van der Waals surface area contributed by atoms with E-state index in [-0.39, 0.29) is 5.41 Å². The maximum atomic E-state index is 6.14. The normalized spacial score (nSPS) is 30.8. The van der Waals surface area contributed by atoms with E-state index >= 15 is 0 Å². The van der Waals surface area contributed by atoms with Crippen LogP contribution in [0.4, 0.5) is 0 Å². The Hall–Kier alpha value is -2.25. The van der Waals surface area contributed by atoms with Crippen LogP contribution in [0.3, 0.4) is 0 Å². The zero-order valence-corrected chi connectivity index (χ0v) is 17.2. The average molecular weight is 410 g/mol. The molecule has 2 aromatic rings. The fourth-order valence-corrected chi connectivity index (χ4v) is 5.02. The first-order valence-electron chi connectivity index (χ1n) is 9.82. The standard InChI is InChI=1S/C22H24ClN5O/c1-29-20-4-2-3-17(9-20)10-24-25-21(18-5-7-19(23)8-6-18)22-11-26-14-27(12-22)16-28(13-22)15-26/h2-10H,11-16H2,1H3/b24-10+,25-21-. The summed E-state index contributed by atoms with van der Waals surface area (Å²) in [6.07, 6.45) is 1.79. The monoisotopic (exact) mass is 409 g/mol. The van der Waals surface area contributed by atoms with Crippen LogP contribution in [0.25, 0.3) is 0 Å². The summed E-state index contributed by atoms with van der Waals surface area (Å²) in [4.78, 5) is 7.48. The second-order valence-electron chi connectivity index (χ2n) is 8.17. The molecule has 0 radical (unpaired) electrons. The summed E-state index contributed by atoms with van der Waals surface area (Å²) in [7, 11) is 1.67. The van der Waals surface area contributed by atoms with Crippen molar-refractivity contribution >= 4 is 23.5 Å². The molecule has 0 amide bonds. The highest BCUT2D eigenvalue weighted by Crippen LogP contribution is 2.38. The van der Waals surface area contributed by atoms with E-state index in [1.54, 1.807) is 13.3 Å². The molecule has 7 heteroatoms. The fraction of sp³-hybridized carbons (Fsp3) is 0.364. The molecule has 6 rings (SSSR count). The highest BCUT2D eigenvalue weighted by atomic mass is 35.5. The molecule has 0 N–H and O–H groups in total. The van der Waals surface area contributed by atoms with Crippen molar-refractivity contribution in [3.63, 3.8) is 0 Å². The van der Waals surface area contributed by atoms with Crippen molar-refractivity contribution in [1.82, 2.24) is 14.7 Å². The summed E-state index contributed by atoms with van der Waals surface area (Å²) in [5, 5.41) is 10.0. The summed E-state index contributed by atoms with van der Waals surface area (Å²) < 4.78 is 5.30. The molecule has 4 bridgehead atoms. The molecule has 4 saturated heterocycles. The molecule has 2 aromatic carbocycles. The Morgan fingerprint density at radius 3 is 2.28 bits per heavy atom. The number of rotatable bonds is 5. The largest absolute Gasteiger partial charge is 0.497 e. The molecule has 29 heavy (non-hydrogen) atoms. The summed E-state index contributed by atoms with van der Waals surface area (Å²) in [5.41, 5.74) is 3.04. The van der Waals surface area contributed by atoms with Crippen LogP contribution in [-0.2, 0) is 0 Å². The van der Waals surface area contributed by atoms with Gasteiger partial charge in [-0.05, 0) is 35.4 Å². The number of nitrogens with zero attached hydrogens (tertiary/aromatic N) is 5. The molecular formula is C22H24ClN5O. The van der Waals surface area contributed by atoms with Crippen molar-refractivity contribution in [3.8, 4) is 5.75 Å². The third-order valence-corrected chi connectivity index (χ3v) is 6.11. The van der Waals surface area contributed by atoms with Crippen molar-refractivity contribution in [2.45, 2.75) is 0 Å². The number of benzene rings is 2. The Labute approximate surface area is 176 Å². The minimum Gasteiger partial charge on any atom is -0.497 e. The van der Waals surface area contributed by atoms with Gasteiger partial charge in [0, 0.05) is 24.7 Å². The van der Waals surface area contributed by atoms with Gasteiger partial charge < -0.3 is 4.74 Å². The van der Waals surface area contributed by atoms with E-state index < -0.39 is 0 Å². The summed E-state index contributed by atoms with van der Waals surface area (Å²) in [6.45, 7) is 6.15. The van der Waals surface area contributed by atoms with Gasteiger partial charge in [-0.3, -0.25) is 14.7 Å². The molecule has 150 valence electrons. The highest BCUT2D eigenvalue weighted by molar-refractivity contribution is 6.30. The Bertz CT molecular complexity index is 921. The molecule has 4 fully saturated rings. The summed E-state index contributed by atoms with van der Waals surface area (Å²) >= 11 is 6.14. The number of halogens is 1. The molecule has 4 aliphatic heterocycles. The maximum absolute atomic E-state index is 6.14. The second kappa shape index (κ2) is 7.54. The van der Waals surface area contributed by atoms with Gasteiger partial charge in [0.15, 0.2) is 0 Å². The first-order valence-corrected chi connectivity index (χ1v) is 10.2. The average Bonchev–Trinajstić information content (AvgIpc) is 2.71. The lowest BCUT2D eigenvalue weighted by atomic mass is 9.74. The Kier molecular flexibility index (Phi) is 4.87. The van der Waals surface area contributed by atoms with Gasteiger partial charge in [-0.1, -0.05) is 35.9 Å². The predicted molar refractivity (Wildman–Crippen MR) is 116 cm³/mol. The van der Waals surface area contributed by atoms with E-state index in [0.29, 0.717) is 0 Å². The molecule has 0 spiro atoms. The van der Waals surface area contributed by atoms with Crippen LogP contribution in [0.1, 0.15) is 11.1 Å². The number of ether oxygens (including phenoxy) is 1. The first kappa shape index (κ1) is 18.8. The van der Waals surface area contributed by atoms with Crippen molar-refractivity contribution in [2.75, 3.05) is 46.8 Å². The van der Waals surface area contributed by atoms with Crippen LogP contribution in [0.5, 0.6) is 5.75 Å². The molecular weight excluding hydrogens is 386 g/mol. The van der Waals surface area contributed by atoms with E-state index in [4.69, 9.17) is 21.4 Å². The number of hydrogen-bond acceptors (Lipinski definition) is 6. The van der Waals surface area contributed by atoms with Gasteiger partial charge in [0.1, 0.15) is 5.75 Å². The van der Waals surface area contributed by atoms with Crippen LogP contribution in [0, 0.1) is 5.41 Å². The minimum absolute atomic E-state index is 0.0473. The van der Waals surface area contributed by atoms with Gasteiger partial charge in [-0.25, -0.2) is 0 Å². The number of methoxy groups -OCH3 is 1. The van der Waals surface area contributed by atoms with Crippen LogP contribution in [0.2, 0.25) is 5.02 Å². The zero-order chi connectivity index (χ0) is 19.8. The molecule has 0 aliphatic carbocycles. The quantitative estimate of drug-likeness (QED) is 0.562. The molecule has 6 nitrogen and oxygen atoms in total. The molecule has 4 heterocycles. The van der Waals surface area contributed by atoms with E-state index in [0.717, 1.165) is 67.3 Å². The Morgan fingerprint density at radius 1 is 1.00 bits per heavy atom. The molecule has 4 aliphatic rings. The van der Waals surface area contributed by atoms with Gasteiger partial charge >= 0.3 is 0 Å². The second-order valence-corrected chi connectivity index (χ2v) is 8.60. The summed E-state index contributed by atoms with van der Waals surface area (Å²) in [5.74, 6) is 0.810. The van der Waals surface area contributed by atoms with Crippen molar-refractivity contribution in [1.29, 1.82) is 0 Å². The lowest BCUT2D eigenvalue weighted by molar-refractivity contribution is -0.149. The molecule has 0 saturated carbocycles. The summed E-state index contributed by atoms with van der Waals surface area (Å²) in [6, 6.07) is 15.8. The van der Waals surface area contributed by atoms with Gasteiger partial charge in [0.05, 0.1) is 44.5 Å². The smallest absolute Gasteiger partial charge is 0.119 e. The topological polar surface area (TPSA) is 43.7 Å². The van der Waals surface area contributed by atoms with Crippen molar-refractivity contribution < 1.29 is 4.74 Å². The van der Waals surface area contributed by atoms with Crippen LogP contribution in [0.15, 0.2) is 58.7 Å². The third-order valence-electron chi connectivity index (χ3n) is 5.86. The highest BCUT2D eigenvalue weighted by Gasteiger charge is 2.51. The van der Waals surface area contributed by atoms with Crippen LogP contribution in [-0.4, -0.2) is 73.4 Å². The number of hydrogen-bond donors (Lipinski definition) is 0. The van der Waals surface area contributed by atoms with E-state index in [9.17, 15) is 0 Å². The lowest BCUT2D eigenvalue weighted by Gasteiger charge is -2.60. The zero-order valence-electron chi connectivity index (χ0n) is 16.5. The van der Waals surface area contributed by atoms with Crippen LogP contribution < -0.4 is 4.74 Å². The van der Waals surface area contributed by atoms with Gasteiger partial charge in [0.25, 0.3) is 0 Å². The molecule has 0 unspecified atom stereocenters. The molecule has 0 atom stereocenters. The Morgan fingerprint density at radius 2 is 1.66 bits per heavy atom. The van der Waals surface area contributed by atoms with Crippen molar-refractivity contribution in [2.24, 2.45) is 15.6 Å². The fourth-order valence-electron chi connectivity index (χ4n) is 4.89. The predicted octanol–water partition coefficient (Wildman–Crippen LogP) is 2.98. The maximum Gasteiger partial charge on any atom is 0.119 e. The van der Waals surface area contributed by atoms with Gasteiger partial charge in [0.2, 0.25) is 0 Å². The van der Waals surface area contributed by atoms with E-state index in [2.05, 4.69) is 31.9 Å². The van der Waals surface area contributed by atoms with Crippen molar-refractivity contribution in [3.05, 3.63) is 64.7 Å². The van der Waals surface area contributed by atoms with Crippen LogP contribution >= 0.6 is 11.6 Å². The lowest BCUT2D eigenvalue weighted by Crippen LogP contribution is -2.74.